The van der Waals surface area contributed by atoms with Crippen LogP contribution in [-0.2, 0) is 15.4 Å². The number of thiazole rings is 1. The number of halogens is 1. The van der Waals surface area contributed by atoms with Gasteiger partial charge in [0.15, 0.2) is 5.13 Å². The molecule has 8 heteroatoms. The van der Waals surface area contributed by atoms with Crippen LogP contribution in [0.4, 0.5) is 5.13 Å². The molecule has 0 radical (unpaired) electrons. The van der Waals surface area contributed by atoms with Gasteiger partial charge < -0.3 is 4.90 Å². The third-order valence-electron chi connectivity index (χ3n) is 5.03. The molecule has 3 aromatic rings. The van der Waals surface area contributed by atoms with Gasteiger partial charge in [0, 0.05) is 42.5 Å². The van der Waals surface area contributed by atoms with E-state index in [4.69, 9.17) is 4.98 Å². The number of aromatic nitrogens is 1. The second-order valence-corrected chi connectivity index (χ2v) is 10.4. The summed E-state index contributed by atoms with van der Waals surface area (Å²) in [6.07, 6.45) is 0. The molecule has 5 nitrogen and oxygen atoms in total. The number of benzene rings is 2. The molecular formula is C21H22BrN3O2S2. The van der Waals surface area contributed by atoms with Gasteiger partial charge in [-0.25, -0.2) is 13.4 Å². The van der Waals surface area contributed by atoms with Crippen LogP contribution >= 0.6 is 27.3 Å². The van der Waals surface area contributed by atoms with Crippen molar-refractivity contribution in [2.24, 2.45) is 0 Å². The van der Waals surface area contributed by atoms with Crippen molar-refractivity contribution in [2.45, 2.75) is 17.1 Å². The van der Waals surface area contributed by atoms with Crippen LogP contribution < -0.4 is 4.90 Å². The van der Waals surface area contributed by atoms with Crippen molar-refractivity contribution in [1.29, 1.82) is 0 Å². The Balaban J connectivity index is 1.44. The summed E-state index contributed by atoms with van der Waals surface area (Å²) in [6, 6.07) is 15.4. The van der Waals surface area contributed by atoms with Crippen molar-refractivity contribution in [3.05, 3.63) is 65.0 Å². The maximum absolute atomic E-state index is 12.9. The van der Waals surface area contributed by atoms with Gasteiger partial charge in [-0.2, -0.15) is 4.31 Å². The molecule has 1 aliphatic heterocycles. The Labute approximate surface area is 184 Å². The molecular weight excluding hydrogens is 470 g/mol. The van der Waals surface area contributed by atoms with Gasteiger partial charge in [-0.05, 0) is 30.7 Å². The number of sulfonamides is 1. The van der Waals surface area contributed by atoms with Gasteiger partial charge in [0.05, 0.1) is 10.6 Å². The lowest BCUT2D eigenvalue weighted by molar-refractivity contribution is 0.385. The molecule has 2 aromatic carbocycles. The van der Waals surface area contributed by atoms with E-state index in [0.717, 1.165) is 22.0 Å². The highest BCUT2D eigenvalue weighted by molar-refractivity contribution is 9.08. The zero-order valence-electron chi connectivity index (χ0n) is 16.1. The van der Waals surface area contributed by atoms with E-state index in [9.17, 15) is 8.42 Å². The molecule has 4 rings (SSSR count). The van der Waals surface area contributed by atoms with E-state index in [1.807, 2.05) is 18.2 Å². The summed E-state index contributed by atoms with van der Waals surface area (Å²) >= 11 is 5.00. The number of alkyl halides is 1. The van der Waals surface area contributed by atoms with Crippen molar-refractivity contribution < 1.29 is 8.42 Å². The molecule has 0 spiro atoms. The zero-order chi connectivity index (χ0) is 20.4. The molecule has 1 fully saturated rings. The molecule has 0 unspecified atom stereocenters. The number of anilines is 1. The predicted octanol–water partition coefficient (Wildman–Crippen LogP) is 4.52. The summed E-state index contributed by atoms with van der Waals surface area (Å²) in [5, 5.41) is 3.73. The highest BCUT2D eigenvalue weighted by Crippen LogP contribution is 2.29. The monoisotopic (exact) mass is 491 g/mol. The number of rotatable bonds is 5. The fourth-order valence-electron chi connectivity index (χ4n) is 3.37. The summed E-state index contributed by atoms with van der Waals surface area (Å²) in [7, 11) is -3.46. The standard InChI is InChI=1S/C21H22BrN3O2S2/c1-16-3-2-4-18(13-16)20-15-28-21(23-20)24-9-11-25(12-10-24)29(26,27)19-7-5-17(14-22)6-8-19/h2-8,13,15H,9-12,14H2,1H3. The number of nitrogens with zero attached hydrogens (tertiary/aromatic N) is 3. The molecule has 0 atom stereocenters. The van der Waals surface area contributed by atoms with E-state index in [0.29, 0.717) is 36.4 Å². The normalized spacial score (nSPS) is 15.6. The molecule has 0 amide bonds. The lowest BCUT2D eigenvalue weighted by Crippen LogP contribution is -2.48. The summed E-state index contributed by atoms with van der Waals surface area (Å²) < 4.78 is 27.4. The van der Waals surface area contributed by atoms with Crippen LogP contribution in [0.15, 0.2) is 58.8 Å². The van der Waals surface area contributed by atoms with Gasteiger partial charge in [-0.15, -0.1) is 11.3 Å². The topological polar surface area (TPSA) is 53.5 Å². The second-order valence-electron chi connectivity index (χ2n) is 7.05. The molecule has 152 valence electrons. The number of piperazine rings is 1. The Hall–Kier alpha value is -1.74. The van der Waals surface area contributed by atoms with Gasteiger partial charge in [0.2, 0.25) is 10.0 Å². The molecule has 29 heavy (non-hydrogen) atoms. The minimum atomic E-state index is -3.46. The van der Waals surface area contributed by atoms with Gasteiger partial charge in [0.1, 0.15) is 0 Å². The first kappa shape index (κ1) is 20.5. The maximum Gasteiger partial charge on any atom is 0.243 e. The molecule has 1 aromatic heterocycles. The summed E-state index contributed by atoms with van der Waals surface area (Å²) in [4.78, 5) is 7.31. The Morgan fingerprint density at radius 1 is 1.07 bits per heavy atom. The lowest BCUT2D eigenvalue weighted by Gasteiger charge is -2.33. The van der Waals surface area contributed by atoms with E-state index in [2.05, 4.69) is 51.3 Å². The fourth-order valence-corrected chi connectivity index (χ4v) is 6.05. The van der Waals surface area contributed by atoms with Crippen LogP contribution in [0.5, 0.6) is 0 Å². The quantitative estimate of drug-likeness (QED) is 0.492. The molecule has 0 bridgehead atoms. The second kappa shape index (κ2) is 8.55. The molecule has 2 heterocycles. The summed E-state index contributed by atoms with van der Waals surface area (Å²) in [5.74, 6) is 0. The van der Waals surface area contributed by atoms with Crippen molar-refractivity contribution >= 4 is 42.4 Å². The first-order valence-electron chi connectivity index (χ1n) is 9.40. The summed E-state index contributed by atoms with van der Waals surface area (Å²) in [5.41, 5.74) is 4.35. The largest absolute Gasteiger partial charge is 0.345 e. The molecule has 1 aliphatic rings. The van der Waals surface area contributed by atoms with Crippen LogP contribution in [-0.4, -0.2) is 43.9 Å². The Bertz CT molecular complexity index is 1090. The number of hydrogen-bond donors (Lipinski definition) is 0. The van der Waals surface area contributed by atoms with E-state index in [1.165, 1.54) is 5.56 Å². The van der Waals surface area contributed by atoms with Gasteiger partial charge in [0.25, 0.3) is 0 Å². The van der Waals surface area contributed by atoms with Crippen molar-refractivity contribution in [3.8, 4) is 11.3 Å². The molecule has 0 N–H and O–H groups in total. The van der Waals surface area contributed by atoms with E-state index in [-0.39, 0.29) is 0 Å². The van der Waals surface area contributed by atoms with E-state index < -0.39 is 10.0 Å². The number of aryl methyl sites for hydroxylation is 1. The van der Waals surface area contributed by atoms with Gasteiger partial charge in [-0.3, -0.25) is 0 Å². The van der Waals surface area contributed by atoms with Crippen LogP contribution in [0.1, 0.15) is 11.1 Å². The molecule has 0 saturated carbocycles. The van der Waals surface area contributed by atoms with Crippen LogP contribution in [0.3, 0.4) is 0 Å². The fraction of sp³-hybridized carbons (Fsp3) is 0.286. The first-order valence-corrected chi connectivity index (χ1v) is 12.8. The third-order valence-corrected chi connectivity index (χ3v) is 8.49. The highest BCUT2D eigenvalue weighted by atomic mass is 79.9. The van der Waals surface area contributed by atoms with Crippen LogP contribution in [0.25, 0.3) is 11.3 Å². The Kier molecular flexibility index (Phi) is 6.06. The van der Waals surface area contributed by atoms with Gasteiger partial charge >= 0.3 is 0 Å². The Morgan fingerprint density at radius 2 is 1.79 bits per heavy atom. The average Bonchev–Trinajstić information content (AvgIpc) is 3.24. The molecule has 0 aliphatic carbocycles. The lowest BCUT2D eigenvalue weighted by atomic mass is 10.1. The minimum Gasteiger partial charge on any atom is -0.345 e. The van der Waals surface area contributed by atoms with E-state index in [1.54, 1.807) is 27.8 Å². The van der Waals surface area contributed by atoms with Crippen molar-refractivity contribution in [1.82, 2.24) is 9.29 Å². The minimum absolute atomic E-state index is 0.353. The van der Waals surface area contributed by atoms with Crippen LogP contribution in [0, 0.1) is 6.92 Å². The highest BCUT2D eigenvalue weighted by Gasteiger charge is 2.29. The van der Waals surface area contributed by atoms with Crippen molar-refractivity contribution in [3.63, 3.8) is 0 Å². The van der Waals surface area contributed by atoms with Crippen molar-refractivity contribution in [2.75, 3.05) is 31.1 Å². The van der Waals surface area contributed by atoms with Gasteiger partial charge in [-0.1, -0.05) is 51.8 Å². The third kappa shape index (κ3) is 4.40. The van der Waals surface area contributed by atoms with E-state index >= 15 is 0 Å². The maximum atomic E-state index is 12.9. The Morgan fingerprint density at radius 3 is 2.45 bits per heavy atom. The smallest absolute Gasteiger partial charge is 0.243 e. The average molecular weight is 492 g/mol. The predicted molar refractivity (Wildman–Crippen MR) is 122 cm³/mol. The number of hydrogen-bond acceptors (Lipinski definition) is 5. The summed E-state index contributed by atoms with van der Waals surface area (Å²) in [6.45, 7) is 4.27. The first-order chi connectivity index (χ1) is 14.0. The van der Waals surface area contributed by atoms with Crippen LogP contribution in [0.2, 0.25) is 0 Å². The SMILES string of the molecule is Cc1cccc(-c2csc(N3CCN(S(=O)(=O)c4ccc(CBr)cc4)CC3)n2)c1. The molecule has 1 saturated heterocycles. The zero-order valence-corrected chi connectivity index (χ0v) is 19.3.